The highest BCUT2D eigenvalue weighted by atomic mass is 35.5. The van der Waals surface area contributed by atoms with E-state index in [2.05, 4.69) is 22.9 Å². The molecule has 0 aliphatic carbocycles. The van der Waals surface area contributed by atoms with Gasteiger partial charge in [-0.15, -0.1) is 0 Å². The van der Waals surface area contributed by atoms with E-state index in [-0.39, 0.29) is 0 Å². The van der Waals surface area contributed by atoms with E-state index >= 15 is 0 Å². The van der Waals surface area contributed by atoms with Crippen molar-refractivity contribution in [2.75, 3.05) is 18.0 Å². The summed E-state index contributed by atoms with van der Waals surface area (Å²) >= 11 is 5.79. The zero-order chi connectivity index (χ0) is 9.97. The van der Waals surface area contributed by atoms with Crippen LogP contribution in [0.2, 0.25) is 5.02 Å². The Balaban J connectivity index is 2.16. The van der Waals surface area contributed by atoms with Crippen LogP contribution in [0.1, 0.15) is 13.3 Å². The second-order valence-corrected chi connectivity index (χ2v) is 4.03. The van der Waals surface area contributed by atoms with E-state index in [0.29, 0.717) is 5.02 Å². The number of nitrogens with zero attached hydrogens (tertiary/aromatic N) is 2. The summed E-state index contributed by atoms with van der Waals surface area (Å²) in [6.07, 6.45) is 5.09. The highest BCUT2D eigenvalue weighted by Gasteiger charge is 2.11. The lowest BCUT2D eigenvalue weighted by Gasteiger charge is -2.27. The largest absolute Gasteiger partial charge is 0.352 e. The first-order chi connectivity index (χ1) is 6.75. The van der Waals surface area contributed by atoms with E-state index in [1.54, 1.807) is 6.20 Å². The van der Waals surface area contributed by atoms with Gasteiger partial charge in [-0.25, -0.2) is 4.98 Å². The van der Waals surface area contributed by atoms with Crippen LogP contribution in [-0.4, -0.2) is 18.1 Å². The molecule has 2 rings (SSSR count). The summed E-state index contributed by atoms with van der Waals surface area (Å²) in [6.45, 7) is 4.18. The van der Waals surface area contributed by atoms with E-state index in [0.717, 1.165) is 25.3 Å². The van der Waals surface area contributed by atoms with Gasteiger partial charge in [-0.2, -0.15) is 0 Å². The fourth-order valence-electron chi connectivity index (χ4n) is 1.66. The Morgan fingerprint density at radius 3 is 2.93 bits per heavy atom. The van der Waals surface area contributed by atoms with Gasteiger partial charge >= 0.3 is 0 Å². The van der Waals surface area contributed by atoms with Gasteiger partial charge in [-0.1, -0.05) is 23.3 Å². The molecule has 0 aromatic carbocycles. The fraction of sp³-hybridized carbons (Fsp3) is 0.364. The van der Waals surface area contributed by atoms with Crippen LogP contribution in [0, 0.1) is 0 Å². The van der Waals surface area contributed by atoms with Crippen molar-refractivity contribution in [2.45, 2.75) is 13.3 Å². The Morgan fingerprint density at radius 2 is 2.29 bits per heavy atom. The van der Waals surface area contributed by atoms with Crippen molar-refractivity contribution >= 4 is 17.4 Å². The molecule has 74 valence electrons. The lowest BCUT2D eigenvalue weighted by molar-refractivity contribution is 0.778. The molecule has 0 spiro atoms. The van der Waals surface area contributed by atoms with Crippen LogP contribution in [0.3, 0.4) is 0 Å². The van der Waals surface area contributed by atoms with Gasteiger partial charge in [0.2, 0.25) is 0 Å². The standard InChI is InChI=1S/C11H13ClN2/c1-9-3-2-6-14(8-9)11-5-4-10(12)7-13-11/h3-5,7H,2,6,8H2,1H3. The van der Waals surface area contributed by atoms with Gasteiger partial charge in [-0.05, 0) is 25.5 Å². The molecule has 0 radical (unpaired) electrons. The van der Waals surface area contributed by atoms with Gasteiger partial charge in [0.15, 0.2) is 0 Å². The molecule has 0 atom stereocenters. The van der Waals surface area contributed by atoms with Crippen molar-refractivity contribution in [3.8, 4) is 0 Å². The number of anilines is 1. The van der Waals surface area contributed by atoms with Crippen molar-refractivity contribution in [1.29, 1.82) is 0 Å². The van der Waals surface area contributed by atoms with Crippen molar-refractivity contribution in [1.82, 2.24) is 4.98 Å². The molecular weight excluding hydrogens is 196 g/mol. The smallest absolute Gasteiger partial charge is 0.128 e. The van der Waals surface area contributed by atoms with E-state index in [1.165, 1.54) is 5.57 Å². The molecule has 14 heavy (non-hydrogen) atoms. The van der Waals surface area contributed by atoms with Gasteiger partial charge in [0.1, 0.15) is 5.82 Å². The van der Waals surface area contributed by atoms with Crippen LogP contribution in [0.15, 0.2) is 30.0 Å². The molecule has 0 saturated heterocycles. The Hall–Kier alpha value is -1.02. The summed E-state index contributed by atoms with van der Waals surface area (Å²) < 4.78 is 0. The predicted octanol–water partition coefficient (Wildman–Crippen LogP) is 2.89. The van der Waals surface area contributed by atoms with Gasteiger partial charge in [0, 0.05) is 19.3 Å². The molecule has 0 unspecified atom stereocenters. The molecule has 1 aliphatic rings. The van der Waals surface area contributed by atoms with Gasteiger partial charge in [0.25, 0.3) is 0 Å². The zero-order valence-corrected chi connectivity index (χ0v) is 8.96. The highest BCUT2D eigenvalue weighted by Crippen LogP contribution is 2.18. The third-order valence-corrected chi connectivity index (χ3v) is 2.59. The molecule has 0 saturated carbocycles. The minimum atomic E-state index is 0.693. The maximum absolute atomic E-state index is 5.79. The molecule has 2 nitrogen and oxygen atoms in total. The van der Waals surface area contributed by atoms with Crippen molar-refractivity contribution < 1.29 is 0 Å². The van der Waals surface area contributed by atoms with E-state index in [4.69, 9.17) is 11.6 Å². The molecule has 2 heterocycles. The lowest BCUT2D eigenvalue weighted by Crippen LogP contribution is -2.29. The topological polar surface area (TPSA) is 16.1 Å². The summed E-state index contributed by atoms with van der Waals surface area (Å²) in [5, 5.41) is 0.693. The molecule has 0 amide bonds. The molecule has 0 N–H and O–H groups in total. The quantitative estimate of drug-likeness (QED) is 0.660. The fourth-order valence-corrected chi connectivity index (χ4v) is 1.77. The summed E-state index contributed by atoms with van der Waals surface area (Å²) in [5.74, 6) is 1.02. The third-order valence-electron chi connectivity index (χ3n) is 2.37. The van der Waals surface area contributed by atoms with Gasteiger partial charge in [0.05, 0.1) is 5.02 Å². The maximum Gasteiger partial charge on any atom is 0.128 e. The molecule has 3 heteroatoms. The highest BCUT2D eigenvalue weighted by molar-refractivity contribution is 6.30. The third kappa shape index (κ3) is 2.07. The average Bonchev–Trinajstić information content (AvgIpc) is 2.19. The van der Waals surface area contributed by atoms with Crippen LogP contribution in [0.5, 0.6) is 0 Å². The van der Waals surface area contributed by atoms with Crippen LogP contribution in [-0.2, 0) is 0 Å². The van der Waals surface area contributed by atoms with Crippen LogP contribution < -0.4 is 4.90 Å². The minimum Gasteiger partial charge on any atom is -0.352 e. The first-order valence-corrected chi connectivity index (χ1v) is 5.15. The molecule has 1 aliphatic heterocycles. The number of hydrogen-bond donors (Lipinski definition) is 0. The molecule has 1 aromatic heterocycles. The second-order valence-electron chi connectivity index (χ2n) is 3.60. The first-order valence-electron chi connectivity index (χ1n) is 4.78. The van der Waals surface area contributed by atoms with Crippen molar-refractivity contribution in [3.63, 3.8) is 0 Å². The summed E-state index contributed by atoms with van der Waals surface area (Å²) in [4.78, 5) is 6.57. The number of hydrogen-bond acceptors (Lipinski definition) is 2. The van der Waals surface area contributed by atoms with Crippen molar-refractivity contribution in [2.24, 2.45) is 0 Å². The molecule has 0 bridgehead atoms. The summed E-state index contributed by atoms with van der Waals surface area (Å²) in [5.41, 5.74) is 1.41. The molecule has 1 aromatic rings. The van der Waals surface area contributed by atoms with E-state index < -0.39 is 0 Å². The normalized spacial score (nSPS) is 16.7. The second kappa shape index (κ2) is 4.01. The Bertz CT molecular complexity index is 343. The number of halogens is 1. The molecule has 0 fully saturated rings. The SMILES string of the molecule is CC1=CCCN(c2ccc(Cl)cn2)C1. The van der Waals surface area contributed by atoms with E-state index in [9.17, 15) is 0 Å². The predicted molar refractivity (Wildman–Crippen MR) is 59.8 cm³/mol. The summed E-state index contributed by atoms with van der Waals surface area (Å²) in [7, 11) is 0. The monoisotopic (exact) mass is 208 g/mol. The number of aromatic nitrogens is 1. The van der Waals surface area contributed by atoms with Gasteiger partial charge < -0.3 is 4.90 Å². The van der Waals surface area contributed by atoms with Crippen LogP contribution in [0.4, 0.5) is 5.82 Å². The number of rotatable bonds is 1. The minimum absolute atomic E-state index is 0.693. The first kappa shape index (κ1) is 9.53. The summed E-state index contributed by atoms with van der Waals surface area (Å²) in [6, 6.07) is 3.86. The van der Waals surface area contributed by atoms with Crippen LogP contribution >= 0.6 is 11.6 Å². The maximum atomic E-state index is 5.79. The Labute approximate surface area is 89.2 Å². The van der Waals surface area contributed by atoms with Crippen molar-refractivity contribution in [3.05, 3.63) is 35.0 Å². The number of pyridine rings is 1. The Morgan fingerprint density at radius 1 is 1.43 bits per heavy atom. The zero-order valence-electron chi connectivity index (χ0n) is 8.20. The van der Waals surface area contributed by atoms with Gasteiger partial charge in [-0.3, -0.25) is 0 Å². The average molecular weight is 209 g/mol. The van der Waals surface area contributed by atoms with E-state index in [1.807, 2.05) is 12.1 Å². The molecular formula is C11H13ClN2. The lowest BCUT2D eigenvalue weighted by atomic mass is 10.1. The van der Waals surface area contributed by atoms with Crippen LogP contribution in [0.25, 0.3) is 0 Å². The Kier molecular flexibility index (Phi) is 2.73.